The number of benzene rings is 2. The molecule has 5 rings (SSSR count). The number of hydrogen-bond donors (Lipinski definition) is 0. The number of carbonyl (C=O) groups is 1. The second-order valence-electron chi connectivity index (χ2n) is 7.61. The molecule has 1 amide bonds. The molecule has 1 fully saturated rings. The van der Waals surface area contributed by atoms with Crippen LogP contribution in [0.2, 0.25) is 0 Å². The third kappa shape index (κ3) is 3.76. The summed E-state index contributed by atoms with van der Waals surface area (Å²) in [5.74, 6) is 1.13. The van der Waals surface area contributed by atoms with Crippen LogP contribution < -0.4 is 4.74 Å². The van der Waals surface area contributed by atoms with Gasteiger partial charge in [0.05, 0.1) is 12.3 Å². The smallest absolute Gasteiger partial charge is 0.253 e. The minimum atomic E-state index is 0.103. The first kappa shape index (κ1) is 17.9. The lowest BCUT2D eigenvalue weighted by Gasteiger charge is -2.35. The Kier molecular flexibility index (Phi) is 4.77. The number of rotatable bonds is 4. The van der Waals surface area contributed by atoms with Gasteiger partial charge in [0.25, 0.3) is 5.91 Å². The van der Waals surface area contributed by atoms with Gasteiger partial charge in [0.2, 0.25) is 0 Å². The van der Waals surface area contributed by atoms with E-state index in [0.717, 1.165) is 62.8 Å². The summed E-state index contributed by atoms with van der Waals surface area (Å²) >= 11 is 0. The van der Waals surface area contributed by atoms with Crippen LogP contribution in [0, 0.1) is 0 Å². The van der Waals surface area contributed by atoms with Crippen molar-refractivity contribution in [2.24, 2.45) is 0 Å². The molecular formula is C23H24N4O2. The number of piperazine rings is 1. The molecule has 2 aliphatic heterocycles. The molecule has 0 radical (unpaired) electrons. The highest BCUT2D eigenvalue weighted by molar-refractivity contribution is 5.94. The minimum absolute atomic E-state index is 0.103. The molecule has 29 heavy (non-hydrogen) atoms. The molecule has 0 unspecified atom stereocenters. The first-order valence-corrected chi connectivity index (χ1v) is 10.1. The lowest BCUT2D eigenvalue weighted by atomic mass is 10.1. The van der Waals surface area contributed by atoms with Gasteiger partial charge in [-0.15, -0.1) is 0 Å². The number of nitrogens with zero attached hydrogens (tertiary/aromatic N) is 4. The summed E-state index contributed by atoms with van der Waals surface area (Å²) in [6, 6.07) is 16.0. The molecule has 2 aromatic carbocycles. The summed E-state index contributed by atoms with van der Waals surface area (Å²) in [5, 5.41) is 4.22. The molecule has 148 valence electrons. The fourth-order valence-electron chi connectivity index (χ4n) is 4.07. The van der Waals surface area contributed by atoms with E-state index in [1.54, 1.807) is 10.9 Å². The van der Waals surface area contributed by atoms with E-state index in [1.807, 2.05) is 41.4 Å². The minimum Gasteiger partial charge on any atom is -0.493 e. The van der Waals surface area contributed by atoms with Crippen LogP contribution in [0.5, 0.6) is 5.75 Å². The third-order valence-corrected chi connectivity index (χ3v) is 5.70. The Hall–Kier alpha value is -3.12. The van der Waals surface area contributed by atoms with E-state index in [0.29, 0.717) is 0 Å². The quantitative estimate of drug-likeness (QED) is 0.690. The van der Waals surface area contributed by atoms with E-state index < -0.39 is 0 Å². The van der Waals surface area contributed by atoms with Crippen molar-refractivity contribution >= 4 is 5.91 Å². The summed E-state index contributed by atoms with van der Waals surface area (Å²) in [7, 11) is 0. The van der Waals surface area contributed by atoms with Gasteiger partial charge in [-0.1, -0.05) is 12.1 Å². The molecule has 6 nitrogen and oxygen atoms in total. The number of amides is 1. The Morgan fingerprint density at radius 1 is 1.03 bits per heavy atom. The number of ether oxygens (including phenoxy) is 1. The van der Waals surface area contributed by atoms with Gasteiger partial charge in [0.1, 0.15) is 5.75 Å². The van der Waals surface area contributed by atoms with E-state index in [9.17, 15) is 4.79 Å². The number of carbonyl (C=O) groups excluding carboxylic acids is 1. The normalized spacial score (nSPS) is 16.5. The van der Waals surface area contributed by atoms with Crippen molar-refractivity contribution in [1.29, 1.82) is 0 Å². The largest absolute Gasteiger partial charge is 0.493 e. The van der Waals surface area contributed by atoms with Gasteiger partial charge < -0.3 is 9.64 Å². The molecule has 0 bridgehead atoms. The van der Waals surface area contributed by atoms with Gasteiger partial charge in [0, 0.05) is 57.1 Å². The van der Waals surface area contributed by atoms with E-state index in [2.05, 4.69) is 28.2 Å². The Morgan fingerprint density at radius 3 is 2.62 bits per heavy atom. The summed E-state index contributed by atoms with van der Waals surface area (Å²) < 4.78 is 7.38. The predicted octanol–water partition coefficient (Wildman–Crippen LogP) is 2.77. The topological polar surface area (TPSA) is 50.6 Å². The molecule has 0 saturated carbocycles. The van der Waals surface area contributed by atoms with Gasteiger partial charge in [-0.2, -0.15) is 5.10 Å². The zero-order valence-corrected chi connectivity index (χ0v) is 16.3. The van der Waals surface area contributed by atoms with Gasteiger partial charge >= 0.3 is 0 Å². The number of hydrogen-bond acceptors (Lipinski definition) is 4. The number of aromatic nitrogens is 2. The zero-order valence-electron chi connectivity index (χ0n) is 16.3. The molecule has 0 atom stereocenters. The maximum absolute atomic E-state index is 12.9. The fourth-order valence-corrected chi connectivity index (χ4v) is 4.07. The maximum Gasteiger partial charge on any atom is 0.253 e. The SMILES string of the molecule is O=C(c1ccc(-n2cccn2)cc1)N1CCN(Cc2ccc3c(c2)CCO3)CC1. The molecule has 3 heterocycles. The molecule has 0 aliphatic carbocycles. The standard InChI is InChI=1S/C23H24N4O2/c28-23(19-3-5-21(6-4-19)27-10-1-9-24-27)26-13-11-25(12-14-26)17-18-2-7-22-20(16-18)8-15-29-22/h1-7,9-10,16H,8,11-15,17H2. The summed E-state index contributed by atoms with van der Waals surface area (Å²) in [4.78, 5) is 17.2. The van der Waals surface area contributed by atoms with Crippen LogP contribution in [0.1, 0.15) is 21.5 Å². The molecule has 3 aromatic rings. The molecular weight excluding hydrogens is 364 g/mol. The van der Waals surface area contributed by atoms with Gasteiger partial charge in [-0.25, -0.2) is 4.68 Å². The molecule has 2 aliphatic rings. The highest BCUT2D eigenvalue weighted by atomic mass is 16.5. The average molecular weight is 388 g/mol. The van der Waals surface area contributed by atoms with Crippen LogP contribution in [0.25, 0.3) is 5.69 Å². The average Bonchev–Trinajstić information content (AvgIpc) is 3.46. The van der Waals surface area contributed by atoms with E-state index >= 15 is 0 Å². The lowest BCUT2D eigenvalue weighted by molar-refractivity contribution is 0.0628. The maximum atomic E-state index is 12.9. The van der Waals surface area contributed by atoms with Crippen LogP contribution in [0.15, 0.2) is 60.9 Å². The first-order chi connectivity index (χ1) is 14.3. The molecule has 1 aromatic heterocycles. The highest BCUT2D eigenvalue weighted by Crippen LogP contribution is 2.26. The molecule has 0 N–H and O–H groups in total. The van der Waals surface area contributed by atoms with Crippen molar-refractivity contribution in [3.05, 3.63) is 77.6 Å². The summed E-state index contributed by atoms with van der Waals surface area (Å²) in [6.07, 6.45) is 4.64. The van der Waals surface area contributed by atoms with Crippen LogP contribution in [-0.4, -0.2) is 58.3 Å². The summed E-state index contributed by atoms with van der Waals surface area (Å²) in [5.41, 5.74) is 4.32. The van der Waals surface area contributed by atoms with E-state index in [4.69, 9.17) is 4.74 Å². The Bertz CT molecular complexity index is 990. The predicted molar refractivity (Wildman–Crippen MR) is 110 cm³/mol. The Labute approximate surface area is 170 Å². The van der Waals surface area contributed by atoms with Crippen LogP contribution >= 0.6 is 0 Å². The monoisotopic (exact) mass is 388 g/mol. The van der Waals surface area contributed by atoms with Crippen molar-refractivity contribution in [1.82, 2.24) is 19.6 Å². The van der Waals surface area contributed by atoms with E-state index in [-0.39, 0.29) is 5.91 Å². The van der Waals surface area contributed by atoms with Crippen molar-refractivity contribution in [2.75, 3.05) is 32.8 Å². The summed E-state index contributed by atoms with van der Waals surface area (Å²) in [6.45, 7) is 5.02. The van der Waals surface area contributed by atoms with Gasteiger partial charge in [0.15, 0.2) is 0 Å². The molecule has 0 spiro atoms. The van der Waals surface area contributed by atoms with Crippen molar-refractivity contribution in [3.8, 4) is 11.4 Å². The van der Waals surface area contributed by atoms with Crippen LogP contribution in [0.4, 0.5) is 0 Å². The van der Waals surface area contributed by atoms with Crippen LogP contribution in [0.3, 0.4) is 0 Å². The van der Waals surface area contributed by atoms with E-state index in [1.165, 1.54) is 11.1 Å². The third-order valence-electron chi connectivity index (χ3n) is 5.70. The lowest BCUT2D eigenvalue weighted by Crippen LogP contribution is -2.48. The Morgan fingerprint density at radius 2 is 1.86 bits per heavy atom. The second kappa shape index (κ2) is 7.72. The zero-order chi connectivity index (χ0) is 19.6. The molecule has 6 heteroatoms. The van der Waals surface area contributed by atoms with Crippen molar-refractivity contribution in [3.63, 3.8) is 0 Å². The highest BCUT2D eigenvalue weighted by Gasteiger charge is 2.22. The van der Waals surface area contributed by atoms with Gasteiger partial charge in [-0.3, -0.25) is 9.69 Å². The first-order valence-electron chi connectivity index (χ1n) is 10.1. The van der Waals surface area contributed by atoms with Gasteiger partial charge in [-0.05, 0) is 47.5 Å². The van der Waals surface area contributed by atoms with Crippen molar-refractivity contribution < 1.29 is 9.53 Å². The van der Waals surface area contributed by atoms with Crippen molar-refractivity contribution in [2.45, 2.75) is 13.0 Å². The second-order valence-corrected chi connectivity index (χ2v) is 7.61. The number of fused-ring (bicyclic) bond motifs is 1. The Balaban J connectivity index is 1.17. The fraction of sp³-hybridized carbons (Fsp3) is 0.304. The van der Waals surface area contributed by atoms with Crippen LogP contribution in [-0.2, 0) is 13.0 Å². The molecule has 1 saturated heterocycles.